The summed E-state index contributed by atoms with van der Waals surface area (Å²) in [6, 6.07) is 17.9. The number of fused-ring (bicyclic) bond motifs is 2. The lowest BCUT2D eigenvalue weighted by atomic mass is 9.84. The van der Waals surface area contributed by atoms with Gasteiger partial charge in [-0.1, -0.05) is 55.8 Å². The van der Waals surface area contributed by atoms with Gasteiger partial charge in [0.25, 0.3) is 0 Å². The fraction of sp³-hybridized carbons (Fsp3) is 0.486. The van der Waals surface area contributed by atoms with Crippen LogP contribution in [-0.4, -0.2) is 84.6 Å². The van der Waals surface area contributed by atoms with Crippen LogP contribution in [0.3, 0.4) is 0 Å². The van der Waals surface area contributed by atoms with Crippen molar-refractivity contribution in [1.82, 2.24) is 19.8 Å². The maximum atomic E-state index is 12.6. The Morgan fingerprint density at radius 3 is 2.73 bits per heavy atom. The number of rotatable bonds is 8. The van der Waals surface area contributed by atoms with Crippen LogP contribution in [-0.2, 0) is 17.8 Å². The molecule has 2 unspecified atom stereocenters. The van der Waals surface area contributed by atoms with Gasteiger partial charge in [-0.15, -0.1) is 0 Å². The quantitative estimate of drug-likeness (QED) is 0.344. The van der Waals surface area contributed by atoms with Gasteiger partial charge < -0.3 is 24.3 Å². The van der Waals surface area contributed by atoms with Crippen LogP contribution in [0.4, 0.5) is 11.5 Å². The number of benzene rings is 2. The maximum absolute atomic E-state index is 12.6. The predicted molar refractivity (Wildman–Crippen MR) is 174 cm³/mol. The average Bonchev–Trinajstić information content (AvgIpc) is 3.06. The molecular formula is C35H43N7O2. The minimum absolute atomic E-state index is 0.132. The molecule has 1 aliphatic carbocycles. The molecule has 0 N–H and O–H groups in total. The minimum Gasteiger partial charge on any atom is -0.463 e. The van der Waals surface area contributed by atoms with Crippen molar-refractivity contribution in [2.45, 2.75) is 57.2 Å². The second-order valence-electron chi connectivity index (χ2n) is 12.5. The summed E-state index contributed by atoms with van der Waals surface area (Å²) in [4.78, 5) is 31.4. The fourth-order valence-corrected chi connectivity index (χ4v) is 7.38. The number of carbonyl (C=O) groups is 1. The third kappa shape index (κ3) is 6.09. The van der Waals surface area contributed by atoms with Crippen molar-refractivity contribution in [3.63, 3.8) is 0 Å². The Bertz CT molecular complexity index is 1540. The molecule has 0 bridgehead atoms. The highest BCUT2D eigenvalue weighted by molar-refractivity contribution is 5.94. The largest absolute Gasteiger partial charge is 0.463 e. The molecule has 3 heterocycles. The van der Waals surface area contributed by atoms with Gasteiger partial charge in [0, 0.05) is 54.8 Å². The standard InChI is InChI=1S/C35H43N7O2/c1-4-33(43)42-21-20-41(22-27(42)16-18-36)34-29-17-19-40(32-15-9-12-25-10-5-7-13-28(25)32)23-30(29)37-35(38-34)44-24-26-11-6-8-14-31(26)39(2)3/h4-5,7,9-10,12-13,15,26-27,31H,1,6,8,11,14,16-17,19-24H2,2-3H3/t26?,27-,31?/m0/s1. The van der Waals surface area contributed by atoms with Crippen LogP contribution in [0.1, 0.15) is 43.4 Å². The Morgan fingerprint density at radius 1 is 1.09 bits per heavy atom. The molecule has 0 spiro atoms. The highest BCUT2D eigenvalue weighted by atomic mass is 16.5. The van der Waals surface area contributed by atoms with Crippen LogP contribution in [0.25, 0.3) is 10.8 Å². The van der Waals surface area contributed by atoms with Gasteiger partial charge in [-0.25, -0.2) is 0 Å². The number of piperazine rings is 1. The van der Waals surface area contributed by atoms with Crippen LogP contribution < -0.4 is 14.5 Å². The normalized spacial score (nSPS) is 22.0. The van der Waals surface area contributed by atoms with E-state index in [4.69, 9.17) is 14.7 Å². The number of hydrogen-bond acceptors (Lipinski definition) is 8. The lowest BCUT2D eigenvalue weighted by Crippen LogP contribution is -2.55. The lowest BCUT2D eigenvalue weighted by Gasteiger charge is -2.42. The van der Waals surface area contributed by atoms with Crippen molar-refractivity contribution in [1.29, 1.82) is 5.26 Å². The zero-order valence-corrected chi connectivity index (χ0v) is 26.0. The first kappa shape index (κ1) is 29.9. The van der Waals surface area contributed by atoms with Gasteiger partial charge >= 0.3 is 6.01 Å². The first-order valence-corrected chi connectivity index (χ1v) is 15.9. The van der Waals surface area contributed by atoms with Crippen molar-refractivity contribution in [2.24, 2.45) is 5.92 Å². The molecule has 9 nitrogen and oxygen atoms in total. The number of carbonyl (C=O) groups excluding carboxylic acids is 1. The van der Waals surface area contributed by atoms with Gasteiger partial charge in [-0.2, -0.15) is 15.2 Å². The number of amides is 1. The number of aromatic nitrogens is 2. The van der Waals surface area contributed by atoms with Gasteiger partial charge in [0.2, 0.25) is 5.91 Å². The van der Waals surface area contributed by atoms with E-state index >= 15 is 0 Å². The van der Waals surface area contributed by atoms with Crippen molar-refractivity contribution in [3.8, 4) is 12.1 Å². The van der Waals surface area contributed by atoms with Gasteiger partial charge in [-0.3, -0.25) is 4.79 Å². The van der Waals surface area contributed by atoms with E-state index in [1.54, 1.807) is 4.90 Å². The molecule has 1 saturated heterocycles. The van der Waals surface area contributed by atoms with Gasteiger partial charge in [-0.05, 0) is 50.9 Å². The highest BCUT2D eigenvalue weighted by Gasteiger charge is 2.34. The van der Waals surface area contributed by atoms with E-state index in [1.807, 2.05) is 0 Å². The van der Waals surface area contributed by atoms with Crippen molar-refractivity contribution in [2.75, 3.05) is 56.7 Å². The second-order valence-corrected chi connectivity index (χ2v) is 12.5. The lowest BCUT2D eigenvalue weighted by molar-refractivity contribution is -0.128. The number of hydrogen-bond donors (Lipinski definition) is 0. The number of ether oxygens (including phenoxy) is 1. The van der Waals surface area contributed by atoms with E-state index in [1.165, 1.54) is 41.8 Å². The average molecular weight is 594 g/mol. The monoisotopic (exact) mass is 593 g/mol. The summed E-state index contributed by atoms with van der Waals surface area (Å²) >= 11 is 0. The van der Waals surface area contributed by atoms with Crippen molar-refractivity contribution < 1.29 is 9.53 Å². The van der Waals surface area contributed by atoms with Gasteiger partial charge in [0.15, 0.2) is 0 Å². The van der Waals surface area contributed by atoms with E-state index in [2.05, 4.69) is 83.9 Å². The zero-order chi connectivity index (χ0) is 30.6. The topological polar surface area (TPSA) is 88.8 Å². The first-order valence-electron chi connectivity index (χ1n) is 15.9. The van der Waals surface area contributed by atoms with E-state index in [-0.39, 0.29) is 18.4 Å². The van der Waals surface area contributed by atoms with E-state index in [0.717, 1.165) is 36.5 Å². The van der Waals surface area contributed by atoms with E-state index < -0.39 is 0 Å². The van der Waals surface area contributed by atoms with Crippen LogP contribution >= 0.6 is 0 Å². The van der Waals surface area contributed by atoms with Crippen LogP contribution in [0, 0.1) is 17.2 Å². The minimum atomic E-state index is -0.229. The molecule has 3 aliphatic rings. The third-order valence-corrected chi connectivity index (χ3v) is 9.66. The Morgan fingerprint density at radius 2 is 1.91 bits per heavy atom. The molecule has 44 heavy (non-hydrogen) atoms. The molecule has 3 atom stereocenters. The van der Waals surface area contributed by atoms with Crippen molar-refractivity contribution >= 4 is 28.2 Å². The molecule has 1 saturated carbocycles. The number of anilines is 2. The molecule has 230 valence electrons. The van der Waals surface area contributed by atoms with Crippen LogP contribution in [0.15, 0.2) is 55.1 Å². The van der Waals surface area contributed by atoms with Gasteiger partial charge in [0.05, 0.1) is 37.4 Å². The molecular weight excluding hydrogens is 550 g/mol. The molecule has 1 aromatic heterocycles. The number of nitriles is 1. The molecule has 2 fully saturated rings. The molecule has 6 rings (SSSR count). The first-order chi connectivity index (χ1) is 21.5. The Hall–Kier alpha value is -4.16. The number of nitrogens with zero attached hydrogens (tertiary/aromatic N) is 7. The van der Waals surface area contributed by atoms with E-state index in [0.29, 0.717) is 50.8 Å². The molecule has 2 aliphatic heterocycles. The highest BCUT2D eigenvalue weighted by Crippen LogP contribution is 2.35. The van der Waals surface area contributed by atoms with Crippen LogP contribution in [0.2, 0.25) is 0 Å². The molecule has 0 radical (unpaired) electrons. The predicted octanol–water partition coefficient (Wildman–Crippen LogP) is 4.81. The summed E-state index contributed by atoms with van der Waals surface area (Å²) in [7, 11) is 4.32. The molecule has 1 amide bonds. The summed E-state index contributed by atoms with van der Waals surface area (Å²) < 4.78 is 6.46. The smallest absolute Gasteiger partial charge is 0.318 e. The van der Waals surface area contributed by atoms with Gasteiger partial charge in [0.1, 0.15) is 5.82 Å². The van der Waals surface area contributed by atoms with Crippen LogP contribution in [0.5, 0.6) is 6.01 Å². The maximum Gasteiger partial charge on any atom is 0.318 e. The molecule has 9 heteroatoms. The Balaban J connectivity index is 1.32. The summed E-state index contributed by atoms with van der Waals surface area (Å²) in [5.74, 6) is 1.18. The summed E-state index contributed by atoms with van der Waals surface area (Å²) in [6.45, 7) is 7.45. The van der Waals surface area contributed by atoms with E-state index in [9.17, 15) is 10.1 Å². The summed E-state index contributed by atoms with van der Waals surface area (Å²) in [5.41, 5.74) is 3.33. The fourth-order valence-electron chi connectivity index (χ4n) is 7.38. The Labute approximate surface area is 260 Å². The molecule has 3 aromatic rings. The van der Waals surface area contributed by atoms with Crippen molar-refractivity contribution in [3.05, 3.63) is 66.4 Å². The summed E-state index contributed by atoms with van der Waals surface area (Å²) in [5, 5.41) is 12.0. The summed E-state index contributed by atoms with van der Waals surface area (Å²) in [6.07, 6.45) is 7.21. The second kappa shape index (κ2) is 13.2. The third-order valence-electron chi connectivity index (χ3n) is 9.66. The molecule has 2 aromatic carbocycles. The Kier molecular flexibility index (Phi) is 8.99. The zero-order valence-electron chi connectivity index (χ0n) is 26.0. The SMILES string of the molecule is C=CC(=O)N1CCN(c2nc(OCC3CCCCC3N(C)C)nc3c2CCN(c2cccc4ccccc24)C3)C[C@@H]1CC#N.